The fourth-order valence-corrected chi connectivity index (χ4v) is 1.58. The summed E-state index contributed by atoms with van der Waals surface area (Å²) in [5.74, 6) is 4.46. The number of aromatic nitrogens is 1. The zero-order valence-electron chi connectivity index (χ0n) is 12.3. The Morgan fingerprint density at radius 2 is 2.05 bits per heavy atom. The van der Waals surface area contributed by atoms with E-state index in [9.17, 15) is 9.59 Å². The normalized spacial score (nSPS) is 11.3. The highest BCUT2D eigenvalue weighted by Crippen LogP contribution is 2.05. The van der Waals surface area contributed by atoms with E-state index >= 15 is 0 Å². The first-order valence-electron chi connectivity index (χ1n) is 6.60. The van der Waals surface area contributed by atoms with Gasteiger partial charge in [-0.3, -0.25) is 14.6 Å². The van der Waals surface area contributed by atoms with Crippen LogP contribution in [-0.2, 0) is 4.79 Å². The third kappa shape index (κ3) is 5.24. The number of nitrogens with one attached hydrogen (secondary N) is 2. The van der Waals surface area contributed by atoms with Crippen LogP contribution in [0.2, 0.25) is 0 Å². The number of carbonyl (C=O) groups is 2. The number of hydrogen-bond acceptors (Lipinski definition) is 4. The molecule has 0 aromatic carbocycles. The van der Waals surface area contributed by atoms with Crippen molar-refractivity contribution in [2.75, 3.05) is 6.61 Å². The Morgan fingerprint density at radius 3 is 2.67 bits per heavy atom. The van der Waals surface area contributed by atoms with Gasteiger partial charge in [0.2, 0.25) is 5.91 Å². The first-order valence-corrected chi connectivity index (χ1v) is 6.60. The molecule has 1 atom stereocenters. The number of nitrogens with zero attached hydrogens (tertiary/aromatic N) is 1. The zero-order chi connectivity index (χ0) is 15.8. The number of hydrogen-bond donors (Lipinski definition) is 3. The predicted octanol–water partition coefficient (Wildman–Crippen LogP) is 0.0683. The lowest BCUT2D eigenvalue weighted by Crippen LogP contribution is -2.46. The number of aliphatic hydroxyl groups excluding tert-OH is 1. The summed E-state index contributed by atoms with van der Waals surface area (Å²) in [6.45, 7) is 4.99. The first kappa shape index (κ1) is 16.7. The second-order valence-electron chi connectivity index (χ2n) is 4.74. The average Bonchev–Trinajstić information content (AvgIpc) is 2.44. The minimum atomic E-state index is -0.660. The topological polar surface area (TPSA) is 91.3 Å². The van der Waals surface area contributed by atoms with E-state index in [-0.39, 0.29) is 18.6 Å². The van der Waals surface area contributed by atoms with E-state index in [0.717, 1.165) is 0 Å². The number of amides is 2. The van der Waals surface area contributed by atoms with Gasteiger partial charge in [-0.1, -0.05) is 11.8 Å². The van der Waals surface area contributed by atoms with Gasteiger partial charge in [0.15, 0.2) is 0 Å². The molecule has 0 spiro atoms. The lowest BCUT2D eigenvalue weighted by molar-refractivity contribution is -0.123. The highest BCUT2D eigenvalue weighted by Gasteiger charge is 2.18. The Bertz CT molecular complexity index is 573. The number of carbonyl (C=O) groups excluding carboxylic acids is 2. The molecular formula is C15H19N3O3. The summed E-state index contributed by atoms with van der Waals surface area (Å²) in [5.41, 5.74) is 0.718. The van der Waals surface area contributed by atoms with Crippen LogP contribution in [0.5, 0.6) is 0 Å². The molecule has 0 fully saturated rings. The van der Waals surface area contributed by atoms with Crippen molar-refractivity contribution in [3.8, 4) is 11.8 Å². The third-order valence-corrected chi connectivity index (χ3v) is 2.54. The molecule has 1 rings (SSSR count). The summed E-state index contributed by atoms with van der Waals surface area (Å²) in [7, 11) is 0. The molecule has 1 aromatic rings. The maximum Gasteiger partial charge on any atom is 0.253 e. The smallest absolute Gasteiger partial charge is 0.253 e. The molecule has 1 heterocycles. The molecule has 1 aromatic heterocycles. The largest absolute Gasteiger partial charge is 0.384 e. The molecule has 0 aliphatic rings. The van der Waals surface area contributed by atoms with E-state index in [1.54, 1.807) is 6.92 Å². The van der Waals surface area contributed by atoms with Crippen LogP contribution in [0.1, 0.15) is 36.7 Å². The lowest BCUT2D eigenvalue weighted by atomic mass is 10.1. The van der Waals surface area contributed by atoms with Gasteiger partial charge in [-0.2, -0.15) is 0 Å². The molecule has 6 heteroatoms. The van der Waals surface area contributed by atoms with Gasteiger partial charge in [0.25, 0.3) is 5.91 Å². The summed E-state index contributed by atoms with van der Waals surface area (Å²) < 4.78 is 0. The van der Waals surface area contributed by atoms with E-state index in [0.29, 0.717) is 11.1 Å². The van der Waals surface area contributed by atoms with Gasteiger partial charge in [-0.15, -0.1) is 0 Å². The van der Waals surface area contributed by atoms with E-state index in [1.807, 2.05) is 13.8 Å². The molecule has 112 valence electrons. The second-order valence-corrected chi connectivity index (χ2v) is 4.74. The van der Waals surface area contributed by atoms with Crippen LogP contribution in [0.3, 0.4) is 0 Å². The second kappa shape index (κ2) is 8.02. The molecule has 1 unspecified atom stereocenters. The molecule has 0 bridgehead atoms. The monoisotopic (exact) mass is 289 g/mol. The van der Waals surface area contributed by atoms with Crippen LogP contribution in [0, 0.1) is 11.8 Å². The van der Waals surface area contributed by atoms with E-state index in [1.165, 1.54) is 18.5 Å². The molecule has 0 radical (unpaired) electrons. The molecule has 0 saturated heterocycles. The van der Waals surface area contributed by atoms with Gasteiger partial charge < -0.3 is 15.7 Å². The van der Waals surface area contributed by atoms with Gasteiger partial charge in [0, 0.05) is 18.4 Å². The standard InChI is InChI=1S/C15H19N3O3/c1-10(2)17-14(20)11(3)18-15(21)13-6-7-16-9-12(13)5-4-8-19/h6-7,9-11,19H,8H2,1-3H3,(H,17,20)(H,18,21). The molecule has 6 nitrogen and oxygen atoms in total. The van der Waals surface area contributed by atoms with Crippen molar-refractivity contribution in [3.63, 3.8) is 0 Å². The summed E-state index contributed by atoms with van der Waals surface area (Å²) in [6, 6.07) is 0.861. The van der Waals surface area contributed by atoms with Crippen molar-refractivity contribution in [2.24, 2.45) is 0 Å². The van der Waals surface area contributed by atoms with Crippen molar-refractivity contribution >= 4 is 11.8 Å². The first-order chi connectivity index (χ1) is 9.95. The average molecular weight is 289 g/mol. The van der Waals surface area contributed by atoms with Gasteiger partial charge in [0.1, 0.15) is 12.6 Å². The Morgan fingerprint density at radius 1 is 1.33 bits per heavy atom. The van der Waals surface area contributed by atoms with Gasteiger partial charge in [0.05, 0.1) is 11.1 Å². The minimum Gasteiger partial charge on any atom is -0.384 e. The summed E-state index contributed by atoms with van der Waals surface area (Å²) in [5, 5.41) is 14.0. The molecular weight excluding hydrogens is 270 g/mol. The Kier molecular flexibility index (Phi) is 6.37. The van der Waals surface area contributed by atoms with Crippen molar-refractivity contribution in [3.05, 3.63) is 29.6 Å². The van der Waals surface area contributed by atoms with Crippen molar-refractivity contribution in [1.29, 1.82) is 0 Å². The van der Waals surface area contributed by atoms with Crippen LogP contribution in [-0.4, -0.2) is 40.6 Å². The maximum absolute atomic E-state index is 12.2. The molecule has 0 aliphatic carbocycles. The quantitative estimate of drug-likeness (QED) is 0.684. The Hall–Kier alpha value is -2.39. The van der Waals surface area contributed by atoms with Crippen LogP contribution in [0.15, 0.2) is 18.5 Å². The van der Waals surface area contributed by atoms with E-state index in [2.05, 4.69) is 27.5 Å². The fourth-order valence-electron chi connectivity index (χ4n) is 1.58. The Labute approximate surface area is 124 Å². The van der Waals surface area contributed by atoms with Crippen molar-refractivity contribution in [1.82, 2.24) is 15.6 Å². The summed E-state index contributed by atoms with van der Waals surface area (Å²) in [4.78, 5) is 27.8. The Balaban J connectivity index is 2.83. The van der Waals surface area contributed by atoms with Crippen LogP contribution < -0.4 is 10.6 Å². The lowest BCUT2D eigenvalue weighted by Gasteiger charge is -2.16. The molecule has 0 saturated carbocycles. The summed E-state index contributed by atoms with van der Waals surface area (Å²) >= 11 is 0. The molecule has 21 heavy (non-hydrogen) atoms. The highest BCUT2D eigenvalue weighted by atomic mass is 16.2. The van der Waals surface area contributed by atoms with Gasteiger partial charge in [-0.25, -0.2) is 0 Å². The fraction of sp³-hybridized carbons (Fsp3) is 0.400. The number of pyridine rings is 1. The van der Waals surface area contributed by atoms with E-state index < -0.39 is 11.9 Å². The minimum absolute atomic E-state index is 0.00348. The zero-order valence-corrected chi connectivity index (χ0v) is 12.3. The van der Waals surface area contributed by atoms with Crippen LogP contribution in [0.25, 0.3) is 0 Å². The maximum atomic E-state index is 12.2. The molecule has 0 aliphatic heterocycles. The predicted molar refractivity (Wildman–Crippen MR) is 78.4 cm³/mol. The molecule has 3 N–H and O–H groups in total. The van der Waals surface area contributed by atoms with Gasteiger partial charge >= 0.3 is 0 Å². The van der Waals surface area contributed by atoms with Crippen molar-refractivity contribution < 1.29 is 14.7 Å². The number of aliphatic hydroxyl groups is 1. The third-order valence-electron chi connectivity index (χ3n) is 2.54. The molecule has 2 amide bonds. The number of rotatable bonds is 4. The van der Waals surface area contributed by atoms with Crippen molar-refractivity contribution in [2.45, 2.75) is 32.9 Å². The van der Waals surface area contributed by atoms with Gasteiger partial charge in [-0.05, 0) is 26.8 Å². The van der Waals surface area contributed by atoms with Crippen LogP contribution in [0.4, 0.5) is 0 Å². The highest BCUT2D eigenvalue weighted by molar-refractivity contribution is 5.99. The SMILES string of the molecule is CC(C)NC(=O)C(C)NC(=O)c1ccncc1C#CCO. The summed E-state index contributed by atoms with van der Waals surface area (Å²) in [6.07, 6.45) is 2.91. The van der Waals surface area contributed by atoms with Crippen LogP contribution >= 0.6 is 0 Å². The van der Waals surface area contributed by atoms with E-state index in [4.69, 9.17) is 5.11 Å².